The van der Waals surface area contributed by atoms with Crippen molar-refractivity contribution in [2.75, 3.05) is 16.1 Å². The van der Waals surface area contributed by atoms with Gasteiger partial charge in [0, 0.05) is 11.4 Å². The van der Waals surface area contributed by atoms with Gasteiger partial charge in [0.05, 0.1) is 11.9 Å². The van der Waals surface area contributed by atoms with Gasteiger partial charge in [0.1, 0.15) is 0 Å². The van der Waals surface area contributed by atoms with Gasteiger partial charge < -0.3 is 10.6 Å². The van der Waals surface area contributed by atoms with E-state index in [-0.39, 0.29) is 5.91 Å². The molecule has 4 heteroatoms. The van der Waals surface area contributed by atoms with E-state index in [9.17, 15) is 4.79 Å². The topological polar surface area (TPSA) is 41.1 Å². The van der Waals surface area contributed by atoms with Gasteiger partial charge in [-0.1, -0.05) is 15.9 Å². The molecule has 1 aromatic rings. The SMILES string of the molecule is O=C1Cc2cc(NCBr)ccc2N1. The Morgan fingerprint density at radius 1 is 1.54 bits per heavy atom. The number of alkyl halides is 1. The molecule has 1 aliphatic rings. The number of hydrogen-bond donors (Lipinski definition) is 2. The molecule has 1 aromatic carbocycles. The fraction of sp³-hybridized carbons (Fsp3) is 0.222. The largest absolute Gasteiger partial charge is 0.375 e. The van der Waals surface area contributed by atoms with E-state index in [0.29, 0.717) is 11.9 Å². The monoisotopic (exact) mass is 240 g/mol. The molecule has 0 atom stereocenters. The molecule has 0 aliphatic carbocycles. The van der Waals surface area contributed by atoms with E-state index in [1.807, 2.05) is 18.2 Å². The second kappa shape index (κ2) is 3.38. The molecule has 0 aromatic heterocycles. The summed E-state index contributed by atoms with van der Waals surface area (Å²) in [4.78, 5) is 11.0. The van der Waals surface area contributed by atoms with Crippen LogP contribution in [0.1, 0.15) is 5.56 Å². The Kier molecular flexibility index (Phi) is 2.22. The summed E-state index contributed by atoms with van der Waals surface area (Å²) in [7, 11) is 0. The first-order chi connectivity index (χ1) is 6.29. The summed E-state index contributed by atoms with van der Waals surface area (Å²) >= 11 is 3.28. The third kappa shape index (κ3) is 1.67. The number of anilines is 2. The maximum Gasteiger partial charge on any atom is 0.228 e. The summed E-state index contributed by atoms with van der Waals surface area (Å²) in [6, 6.07) is 5.87. The lowest BCUT2D eigenvalue weighted by atomic mass is 10.1. The van der Waals surface area contributed by atoms with Gasteiger partial charge >= 0.3 is 0 Å². The predicted molar refractivity (Wildman–Crippen MR) is 56.2 cm³/mol. The molecule has 0 radical (unpaired) electrons. The van der Waals surface area contributed by atoms with E-state index in [0.717, 1.165) is 16.9 Å². The van der Waals surface area contributed by atoms with Crippen molar-refractivity contribution in [2.45, 2.75) is 6.42 Å². The van der Waals surface area contributed by atoms with Crippen molar-refractivity contribution in [3.63, 3.8) is 0 Å². The number of carbonyl (C=O) groups excluding carboxylic acids is 1. The normalized spacial score (nSPS) is 13.8. The zero-order valence-electron chi connectivity index (χ0n) is 6.93. The van der Waals surface area contributed by atoms with Crippen LogP contribution in [0, 0.1) is 0 Å². The number of halogens is 1. The van der Waals surface area contributed by atoms with Crippen molar-refractivity contribution in [1.82, 2.24) is 0 Å². The fourth-order valence-corrected chi connectivity index (χ4v) is 1.74. The zero-order valence-corrected chi connectivity index (χ0v) is 8.52. The highest BCUT2D eigenvalue weighted by Crippen LogP contribution is 2.25. The van der Waals surface area contributed by atoms with Crippen LogP contribution < -0.4 is 10.6 Å². The van der Waals surface area contributed by atoms with Crippen molar-refractivity contribution in [3.8, 4) is 0 Å². The van der Waals surface area contributed by atoms with Crippen molar-refractivity contribution in [2.24, 2.45) is 0 Å². The molecule has 0 unspecified atom stereocenters. The van der Waals surface area contributed by atoms with Crippen molar-refractivity contribution < 1.29 is 4.79 Å². The first-order valence-corrected chi connectivity index (χ1v) is 5.14. The molecular weight excluding hydrogens is 232 g/mol. The second-order valence-corrected chi connectivity index (χ2v) is 3.47. The molecule has 68 valence electrons. The molecule has 0 bridgehead atoms. The molecule has 0 spiro atoms. The van der Waals surface area contributed by atoms with Crippen LogP contribution in [0.2, 0.25) is 0 Å². The predicted octanol–water partition coefficient (Wildman–Crippen LogP) is 1.95. The van der Waals surface area contributed by atoms with Gasteiger partial charge in [-0.05, 0) is 23.8 Å². The lowest BCUT2D eigenvalue weighted by Crippen LogP contribution is -2.03. The van der Waals surface area contributed by atoms with Gasteiger partial charge in [-0.25, -0.2) is 0 Å². The fourth-order valence-electron chi connectivity index (χ4n) is 1.42. The number of hydrogen-bond acceptors (Lipinski definition) is 2. The van der Waals surface area contributed by atoms with Gasteiger partial charge in [0.2, 0.25) is 5.91 Å². The standard InChI is InChI=1S/C9H9BrN2O/c10-5-11-7-1-2-8-6(3-7)4-9(13)12-8/h1-3,11H,4-5H2,(H,12,13). The van der Waals surface area contributed by atoms with Crippen molar-refractivity contribution in [1.29, 1.82) is 0 Å². The highest BCUT2D eigenvalue weighted by molar-refractivity contribution is 9.09. The van der Waals surface area contributed by atoms with Gasteiger partial charge in [0.15, 0.2) is 0 Å². The molecule has 2 rings (SSSR count). The van der Waals surface area contributed by atoms with Crippen molar-refractivity contribution in [3.05, 3.63) is 23.8 Å². The van der Waals surface area contributed by atoms with E-state index in [1.165, 1.54) is 0 Å². The van der Waals surface area contributed by atoms with Gasteiger partial charge in [-0.2, -0.15) is 0 Å². The Bertz CT molecular complexity index is 351. The van der Waals surface area contributed by atoms with Crippen LogP contribution in [0.4, 0.5) is 11.4 Å². The molecule has 0 fully saturated rings. The quantitative estimate of drug-likeness (QED) is 0.613. The van der Waals surface area contributed by atoms with E-state index < -0.39 is 0 Å². The number of benzene rings is 1. The molecule has 1 amide bonds. The zero-order chi connectivity index (χ0) is 9.26. The highest BCUT2D eigenvalue weighted by atomic mass is 79.9. The minimum atomic E-state index is 0.0750. The van der Waals surface area contributed by atoms with Crippen LogP contribution in [-0.4, -0.2) is 11.4 Å². The summed E-state index contributed by atoms with van der Waals surface area (Å²) in [6.45, 7) is 0. The Morgan fingerprint density at radius 3 is 3.15 bits per heavy atom. The second-order valence-electron chi connectivity index (χ2n) is 2.91. The van der Waals surface area contributed by atoms with Crippen molar-refractivity contribution >= 4 is 33.2 Å². The van der Waals surface area contributed by atoms with Crippen LogP contribution >= 0.6 is 15.9 Å². The summed E-state index contributed by atoms with van der Waals surface area (Å²) in [5, 5.41) is 5.92. The molecule has 2 N–H and O–H groups in total. The molecule has 1 aliphatic heterocycles. The Balaban J connectivity index is 2.29. The Hall–Kier alpha value is -1.03. The van der Waals surface area contributed by atoms with Crippen LogP contribution in [0.3, 0.4) is 0 Å². The summed E-state index contributed by atoms with van der Waals surface area (Å²) < 4.78 is 0. The lowest BCUT2D eigenvalue weighted by Gasteiger charge is -2.03. The third-order valence-corrected chi connectivity index (χ3v) is 2.28. The van der Waals surface area contributed by atoms with Gasteiger partial charge in [0.25, 0.3) is 0 Å². The van der Waals surface area contributed by atoms with Gasteiger partial charge in [-0.15, -0.1) is 0 Å². The minimum absolute atomic E-state index is 0.0750. The third-order valence-electron chi connectivity index (χ3n) is 2.00. The molecule has 0 saturated carbocycles. The van der Waals surface area contributed by atoms with E-state index in [2.05, 4.69) is 26.6 Å². The average molecular weight is 241 g/mol. The maximum absolute atomic E-state index is 11.0. The van der Waals surface area contributed by atoms with Gasteiger partial charge in [-0.3, -0.25) is 4.79 Å². The molecule has 13 heavy (non-hydrogen) atoms. The van der Waals surface area contributed by atoms with Crippen LogP contribution in [0.25, 0.3) is 0 Å². The van der Waals surface area contributed by atoms with Crippen LogP contribution in [-0.2, 0) is 11.2 Å². The van der Waals surface area contributed by atoms with E-state index in [1.54, 1.807) is 0 Å². The number of nitrogens with one attached hydrogen (secondary N) is 2. The summed E-state index contributed by atoms with van der Waals surface area (Å²) in [5.41, 5.74) is 3.75. The first-order valence-electron chi connectivity index (χ1n) is 4.02. The average Bonchev–Trinajstić information content (AvgIpc) is 2.44. The van der Waals surface area contributed by atoms with Crippen LogP contribution in [0.15, 0.2) is 18.2 Å². The smallest absolute Gasteiger partial charge is 0.228 e. The minimum Gasteiger partial charge on any atom is -0.375 e. The summed E-state index contributed by atoms with van der Waals surface area (Å²) in [5.74, 6) is 0.0750. The number of fused-ring (bicyclic) bond motifs is 1. The Morgan fingerprint density at radius 2 is 2.38 bits per heavy atom. The number of rotatable bonds is 2. The van der Waals surface area contributed by atoms with E-state index >= 15 is 0 Å². The lowest BCUT2D eigenvalue weighted by molar-refractivity contribution is -0.115. The van der Waals surface area contributed by atoms with Crippen LogP contribution in [0.5, 0.6) is 0 Å². The Labute approximate surface area is 84.6 Å². The molecule has 1 heterocycles. The highest BCUT2D eigenvalue weighted by Gasteiger charge is 2.16. The maximum atomic E-state index is 11.0. The molecule has 0 saturated heterocycles. The summed E-state index contributed by atoms with van der Waals surface area (Å²) in [6.07, 6.45) is 0.493. The number of carbonyl (C=O) groups is 1. The molecule has 3 nitrogen and oxygen atoms in total. The number of amides is 1. The molecular formula is C9H9BrN2O. The first kappa shape index (κ1) is 8.56. The van der Waals surface area contributed by atoms with E-state index in [4.69, 9.17) is 0 Å².